The first kappa shape index (κ1) is 19.6. The molecule has 1 spiro atoms. The van der Waals surface area contributed by atoms with Crippen LogP contribution in [0.5, 0.6) is 5.75 Å². The van der Waals surface area contributed by atoms with E-state index >= 15 is 0 Å². The third kappa shape index (κ3) is 4.00. The van der Waals surface area contributed by atoms with Crippen molar-refractivity contribution in [1.82, 2.24) is 10.2 Å². The monoisotopic (exact) mass is 418 g/mol. The number of benzene rings is 2. The van der Waals surface area contributed by atoms with E-state index in [1.165, 1.54) is 0 Å². The third-order valence-corrected chi connectivity index (χ3v) is 6.33. The molecule has 1 unspecified atom stereocenters. The van der Waals surface area contributed by atoms with Crippen LogP contribution in [0.2, 0.25) is 10.0 Å². The van der Waals surface area contributed by atoms with E-state index in [9.17, 15) is 4.79 Å². The van der Waals surface area contributed by atoms with Crippen LogP contribution in [0.3, 0.4) is 0 Å². The highest BCUT2D eigenvalue weighted by molar-refractivity contribution is 6.31. The number of nitrogens with one attached hydrogen (secondary N) is 1. The molecule has 1 saturated carbocycles. The van der Waals surface area contributed by atoms with Crippen LogP contribution in [0.1, 0.15) is 31.7 Å². The summed E-state index contributed by atoms with van der Waals surface area (Å²) in [6, 6.07) is 15.0. The van der Waals surface area contributed by atoms with Gasteiger partial charge in [0.25, 0.3) is 5.91 Å². The average molecular weight is 419 g/mol. The van der Waals surface area contributed by atoms with Crippen LogP contribution in [0.15, 0.2) is 48.5 Å². The minimum absolute atomic E-state index is 0.0320. The van der Waals surface area contributed by atoms with Crippen LogP contribution in [0, 0.1) is 0 Å². The Morgan fingerprint density at radius 1 is 1.29 bits per heavy atom. The number of nitrogens with zero attached hydrogens (tertiary/aromatic N) is 1. The molecule has 2 fully saturated rings. The fraction of sp³-hybridized carbons (Fsp3) is 0.409. The summed E-state index contributed by atoms with van der Waals surface area (Å²) in [6.07, 6.45) is 2.62. The summed E-state index contributed by atoms with van der Waals surface area (Å²) in [6.45, 7) is 3.29. The maximum absolute atomic E-state index is 13.4. The molecular formula is C22H24Cl2N2O2. The van der Waals surface area contributed by atoms with Crippen molar-refractivity contribution < 1.29 is 9.53 Å². The second-order valence-electron chi connectivity index (χ2n) is 7.68. The van der Waals surface area contributed by atoms with Gasteiger partial charge >= 0.3 is 0 Å². The number of rotatable bonds is 6. The SMILES string of the molecule is CC(Oc1cccc(Cl)c1)C(=O)N(Cc1ccccc1Cl)[C@@H]1C[C@]12CCCN2. The molecule has 2 aliphatic rings. The van der Waals surface area contributed by atoms with Gasteiger partial charge in [-0.1, -0.05) is 47.5 Å². The van der Waals surface area contributed by atoms with E-state index in [1.54, 1.807) is 19.1 Å². The van der Waals surface area contributed by atoms with Crippen molar-refractivity contribution in [2.75, 3.05) is 6.54 Å². The highest BCUT2D eigenvalue weighted by Gasteiger charge is 2.59. The van der Waals surface area contributed by atoms with E-state index in [-0.39, 0.29) is 17.5 Å². The highest BCUT2D eigenvalue weighted by atomic mass is 35.5. The molecule has 1 aliphatic heterocycles. The summed E-state index contributed by atoms with van der Waals surface area (Å²) in [5.41, 5.74) is 1.01. The molecule has 0 bridgehead atoms. The molecule has 6 heteroatoms. The van der Waals surface area contributed by atoms with Crippen molar-refractivity contribution in [3.8, 4) is 5.75 Å². The van der Waals surface area contributed by atoms with Crippen LogP contribution >= 0.6 is 23.2 Å². The lowest BCUT2D eigenvalue weighted by Gasteiger charge is -2.29. The van der Waals surface area contributed by atoms with Crippen molar-refractivity contribution in [2.45, 2.75) is 50.4 Å². The van der Waals surface area contributed by atoms with Crippen molar-refractivity contribution in [1.29, 1.82) is 0 Å². The topological polar surface area (TPSA) is 41.6 Å². The summed E-state index contributed by atoms with van der Waals surface area (Å²) < 4.78 is 5.91. The van der Waals surface area contributed by atoms with Gasteiger partial charge in [-0.3, -0.25) is 4.79 Å². The lowest BCUT2D eigenvalue weighted by molar-refractivity contribution is -0.139. The van der Waals surface area contributed by atoms with Gasteiger partial charge < -0.3 is 15.0 Å². The Morgan fingerprint density at radius 2 is 2.11 bits per heavy atom. The van der Waals surface area contributed by atoms with E-state index in [1.807, 2.05) is 41.3 Å². The minimum Gasteiger partial charge on any atom is -0.481 e. The molecule has 1 aliphatic carbocycles. The van der Waals surface area contributed by atoms with Crippen LogP contribution in [-0.4, -0.2) is 35.0 Å². The quantitative estimate of drug-likeness (QED) is 0.739. The van der Waals surface area contributed by atoms with Gasteiger partial charge in [0.1, 0.15) is 5.75 Å². The average Bonchev–Trinajstić information content (AvgIpc) is 3.15. The molecule has 148 valence electrons. The van der Waals surface area contributed by atoms with Gasteiger partial charge in [0, 0.05) is 22.1 Å². The van der Waals surface area contributed by atoms with Gasteiger partial charge in [-0.2, -0.15) is 0 Å². The number of ether oxygens (including phenoxy) is 1. The Hall–Kier alpha value is -1.75. The van der Waals surface area contributed by atoms with Crippen LogP contribution in [-0.2, 0) is 11.3 Å². The maximum Gasteiger partial charge on any atom is 0.263 e. The van der Waals surface area contributed by atoms with Gasteiger partial charge in [-0.05, 0) is 62.6 Å². The zero-order valence-corrected chi connectivity index (χ0v) is 17.3. The lowest BCUT2D eigenvalue weighted by atomic mass is 10.1. The first-order chi connectivity index (χ1) is 13.5. The zero-order valence-electron chi connectivity index (χ0n) is 15.8. The van der Waals surface area contributed by atoms with Crippen LogP contribution in [0.4, 0.5) is 0 Å². The first-order valence-electron chi connectivity index (χ1n) is 9.70. The van der Waals surface area contributed by atoms with Gasteiger partial charge in [-0.15, -0.1) is 0 Å². The Labute approximate surface area is 175 Å². The van der Waals surface area contributed by atoms with Gasteiger partial charge in [0.2, 0.25) is 0 Å². The predicted molar refractivity (Wildman–Crippen MR) is 112 cm³/mol. The normalized spacial score (nSPS) is 24.2. The van der Waals surface area contributed by atoms with Gasteiger partial charge in [0.15, 0.2) is 6.10 Å². The van der Waals surface area contributed by atoms with E-state index in [0.717, 1.165) is 31.4 Å². The fourth-order valence-electron chi connectivity index (χ4n) is 4.16. The molecule has 1 amide bonds. The fourth-order valence-corrected chi connectivity index (χ4v) is 4.54. The molecule has 0 radical (unpaired) electrons. The number of hydrogen-bond acceptors (Lipinski definition) is 3. The number of carbonyl (C=O) groups excluding carboxylic acids is 1. The summed E-state index contributed by atoms with van der Waals surface area (Å²) in [5, 5.41) is 4.87. The lowest BCUT2D eigenvalue weighted by Crippen LogP contribution is -2.45. The van der Waals surface area contributed by atoms with Gasteiger partial charge in [-0.25, -0.2) is 0 Å². The Kier molecular flexibility index (Phi) is 5.55. The molecule has 2 aromatic rings. The first-order valence-corrected chi connectivity index (χ1v) is 10.5. The van der Waals surface area contributed by atoms with E-state index in [4.69, 9.17) is 27.9 Å². The molecule has 2 aromatic carbocycles. The molecular weight excluding hydrogens is 395 g/mol. The van der Waals surface area contributed by atoms with Crippen LogP contribution in [0.25, 0.3) is 0 Å². The highest BCUT2D eigenvalue weighted by Crippen LogP contribution is 2.47. The summed E-state index contributed by atoms with van der Waals surface area (Å²) in [4.78, 5) is 15.3. The summed E-state index contributed by atoms with van der Waals surface area (Å²) in [5.74, 6) is 0.561. The Balaban J connectivity index is 1.54. The van der Waals surface area contributed by atoms with E-state index < -0.39 is 6.10 Å². The standard InChI is InChI=1S/C22H24Cl2N2O2/c1-15(28-18-8-4-7-17(23)12-18)21(27)26(14-16-6-2-3-9-19(16)24)20-13-22(20)10-5-11-25-22/h2-4,6-9,12,15,20,25H,5,10-11,13-14H2,1H3/t15?,20-,22-/m1/s1. The van der Waals surface area contributed by atoms with Crippen molar-refractivity contribution in [3.05, 3.63) is 64.1 Å². The Bertz CT molecular complexity index is 867. The third-order valence-electron chi connectivity index (χ3n) is 5.73. The number of halogens is 2. The van der Waals surface area contributed by atoms with Crippen molar-refractivity contribution in [2.24, 2.45) is 0 Å². The minimum atomic E-state index is -0.611. The van der Waals surface area contributed by atoms with E-state index in [2.05, 4.69) is 5.32 Å². The molecule has 0 aromatic heterocycles. The molecule has 4 rings (SSSR count). The molecule has 3 atom stereocenters. The molecule has 28 heavy (non-hydrogen) atoms. The molecule has 1 saturated heterocycles. The van der Waals surface area contributed by atoms with Gasteiger partial charge in [0.05, 0.1) is 6.04 Å². The molecule has 4 nitrogen and oxygen atoms in total. The molecule has 1 N–H and O–H groups in total. The zero-order chi connectivity index (χ0) is 19.7. The maximum atomic E-state index is 13.4. The number of amides is 1. The largest absolute Gasteiger partial charge is 0.481 e. The summed E-state index contributed by atoms with van der Waals surface area (Å²) in [7, 11) is 0. The Morgan fingerprint density at radius 3 is 2.82 bits per heavy atom. The smallest absolute Gasteiger partial charge is 0.263 e. The van der Waals surface area contributed by atoms with Crippen molar-refractivity contribution in [3.63, 3.8) is 0 Å². The predicted octanol–water partition coefficient (Wildman–Crippen LogP) is 4.68. The summed E-state index contributed by atoms with van der Waals surface area (Å²) >= 11 is 12.4. The number of carbonyl (C=O) groups is 1. The second-order valence-corrected chi connectivity index (χ2v) is 8.53. The number of hydrogen-bond donors (Lipinski definition) is 1. The van der Waals surface area contributed by atoms with Crippen molar-refractivity contribution >= 4 is 29.1 Å². The molecule has 1 heterocycles. The second kappa shape index (κ2) is 7.94. The van der Waals surface area contributed by atoms with E-state index in [0.29, 0.717) is 22.3 Å². The van der Waals surface area contributed by atoms with Crippen LogP contribution < -0.4 is 10.1 Å².